The number of carbonyl (C=O) groups is 2. The maximum atomic E-state index is 13.6. The average Bonchev–Trinajstić information content (AvgIpc) is 2.56. The first-order valence-corrected chi connectivity index (χ1v) is 6.74. The van der Waals surface area contributed by atoms with Crippen LogP contribution in [-0.2, 0) is 4.79 Å². The Bertz CT molecular complexity index is 548. The summed E-state index contributed by atoms with van der Waals surface area (Å²) in [6, 6.07) is 2.60. The number of hydrogen-bond donors (Lipinski definition) is 1. The number of rotatable bonds is 4. The fraction of sp³-hybridized carbons (Fsp3) is 0.385. The summed E-state index contributed by atoms with van der Waals surface area (Å²) in [5, 5.41) is 3.01. The minimum Gasteiger partial charge on any atom is -0.319 e. The smallest absolute Gasteiger partial charge is 0.299 e. The molecule has 0 spiro atoms. The van der Waals surface area contributed by atoms with E-state index in [0.717, 1.165) is 0 Å². The number of benzene rings is 1. The van der Waals surface area contributed by atoms with Gasteiger partial charge in [-0.25, -0.2) is 4.39 Å². The molecule has 0 saturated heterocycles. The van der Waals surface area contributed by atoms with Crippen molar-refractivity contribution >= 4 is 33.3 Å². The van der Waals surface area contributed by atoms with Gasteiger partial charge < -0.3 is 10.2 Å². The van der Waals surface area contributed by atoms with Gasteiger partial charge in [-0.3, -0.25) is 9.59 Å². The van der Waals surface area contributed by atoms with Crippen LogP contribution in [0.25, 0.3) is 0 Å². The van der Waals surface area contributed by atoms with Crippen molar-refractivity contribution in [3.8, 4) is 0 Å². The number of fused-ring (bicyclic) bond motifs is 1. The number of nitrogens with one attached hydrogen (secondary N) is 1. The largest absolute Gasteiger partial charge is 0.319 e. The van der Waals surface area contributed by atoms with Crippen molar-refractivity contribution in [3.05, 3.63) is 28.0 Å². The second kappa shape index (κ2) is 5.38. The van der Waals surface area contributed by atoms with Crippen LogP contribution in [-0.4, -0.2) is 31.8 Å². The Labute approximate surface area is 119 Å². The highest BCUT2D eigenvalue weighted by atomic mass is 79.9. The average molecular weight is 329 g/mol. The second-order valence-electron chi connectivity index (χ2n) is 4.69. The van der Waals surface area contributed by atoms with Crippen LogP contribution in [0.5, 0.6) is 0 Å². The lowest BCUT2D eigenvalue weighted by Crippen LogP contribution is -2.36. The molecule has 1 heterocycles. The first kappa shape index (κ1) is 14.1. The summed E-state index contributed by atoms with van der Waals surface area (Å²) in [4.78, 5) is 25.2. The van der Waals surface area contributed by atoms with Gasteiger partial charge in [0.05, 0.1) is 15.7 Å². The fourth-order valence-electron chi connectivity index (χ4n) is 2.19. The first-order valence-electron chi connectivity index (χ1n) is 5.95. The third-order valence-electron chi connectivity index (χ3n) is 3.06. The molecule has 0 radical (unpaired) electrons. The normalized spacial score (nSPS) is 15.9. The van der Waals surface area contributed by atoms with Gasteiger partial charge in [0.25, 0.3) is 11.7 Å². The van der Waals surface area contributed by atoms with Gasteiger partial charge in [0.15, 0.2) is 0 Å². The van der Waals surface area contributed by atoms with Crippen molar-refractivity contribution in [2.75, 3.05) is 25.0 Å². The summed E-state index contributed by atoms with van der Waals surface area (Å²) in [7, 11) is 1.82. The molecule has 1 atom stereocenters. The number of hydrogen-bond acceptors (Lipinski definition) is 3. The molecule has 0 aliphatic carbocycles. The molecule has 0 fully saturated rings. The standard InChI is InChI=1S/C13H14BrFN2O2/c1-7(5-16-2)6-17-11-4-10(15)9(14)3-8(11)12(18)13(17)19/h3-4,7,16H,5-6H2,1-2H3. The lowest BCUT2D eigenvalue weighted by atomic mass is 10.1. The quantitative estimate of drug-likeness (QED) is 0.860. The van der Waals surface area contributed by atoms with E-state index in [1.165, 1.54) is 17.0 Å². The van der Waals surface area contributed by atoms with Crippen molar-refractivity contribution in [1.82, 2.24) is 5.32 Å². The van der Waals surface area contributed by atoms with Crippen LogP contribution < -0.4 is 10.2 Å². The molecule has 2 rings (SSSR count). The number of amides is 1. The van der Waals surface area contributed by atoms with Gasteiger partial charge in [-0.05, 0) is 47.6 Å². The molecule has 4 nitrogen and oxygen atoms in total. The van der Waals surface area contributed by atoms with Gasteiger partial charge in [-0.1, -0.05) is 6.92 Å². The van der Waals surface area contributed by atoms with Gasteiger partial charge in [0.1, 0.15) is 5.82 Å². The molecule has 1 aliphatic rings. The topological polar surface area (TPSA) is 49.4 Å². The molecule has 0 saturated carbocycles. The monoisotopic (exact) mass is 328 g/mol. The number of ketones is 1. The van der Waals surface area contributed by atoms with E-state index in [-0.39, 0.29) is 16.0 Å². The Morgan fingerprint density at radius 2 is 2.11 bits per heavy atom. The zero-order valence-electron chi connectivity index (χ0n) is 10.7. The van der Waals surface area contributed by atoms with E-state index in [1.54, 1.807) is 0 Å². The molecular weight excluding hydrogens is 315 g/mol. The van der Waals surface area contributed by atoms with E-state index in [2.05, 4.69) is 21.2 Å². The zero-order valence-corrected chi connectivity index (χ0v) is 12.3. The third-order valence-corrected chi connectivity index (χ3v) is 3.67. The number of nitrogens with zero attached hydrogens (tertiary/aromatic N) is 1. The summed E-state index contributed by atoms with van der Waals surface area (Å²) >= 11 is 3.02. The van der Waals surface area contributed by atoms with E-state index in [0.29, 0.717) is 18.8 Å². The van der Waals surface area contributed by atoms with Gasteiger partial charge in [-0.15, -0.1) is 0 Å². The van der Waals surface area contributed by atoms with Gasteiger partial charge >= 0.3 is 0 Å². The van der Waals surface area contributed by atoms with Crippen LogP contribution in [0.4, 0.5) is 10.1 Å². The van der Waals surface area contributed by atoms with Crippen molar-refractivity contribution < 1.29 is 14.0 Å². The highest BCUT2D eigenvalue weighted by molar-refractivity contribution is 9.10. The van der Waals surface area contributed by atoms with Crippen molar-refractivity contribution in [2.45, 2.75) is 6.92 Å². The predicted octanol–water partition coefficient (Wildman–Crippen LogP) is 1.97. The molecule has 6 heteroatoms. The number of anilines is 1. The molecule has 1 amide bonds. The van der Waals surface area contributed by atoms with Crippen LogP contribution in [0.2, 0.25) is 0 Å². The molecule has 102 valence electrons. The van der Waals surface area contributed by atoms with Gasteiger partial charge in [0.2, 0.25) is 0 Å². The van der Waals surface area contributed by atoms with E-state index in [1.807, 2.05) is 14.0 Å². The molecule has 0 aromatic heterocycles. The lowest BCUT2D eigenvalue weighted by molar-refractivity contribution is -0.114. The highest BCUT2D eigenvalue weighted by Crippen LogP contribution is 2.33. The molecule has 1 unspecified atom stereocenters. The maximum absolute atomic E-state index is 13.6. The molecule has 1 N–H and O–H groups in total. The minimum absolute atomic E-state index is 0.166. The summed E-state index contributed by atoms with van der Waals surface area (Å²) in [5.74, 6) is -1.48. The molecule has 19 heavy (non-hydrogen) atoms. The molecule has 1 aromatic carbocycles. The van der Waals surface area contributed by atoms with Crippen molar-refractivity contribution in [1.29, 1.82) is 0 Å². The van der Waals surface area contributed by atoms with Crippen LogP contribution in [0, 0.1) is 11.7 Å². The number of halogens is 2. The first-order chi connectivity index (χ1) is 8.95. The molecule has 1 aromatic rings. The number of Topliss-reactive ketones (excluding diaryl/α,β-unsaturated/α-hetero) is 1. The lowest BCUT2D eigenvalue weighted by Gasteiger charge is -2.21. The van der Waals surface area contributed by atoms with Crippen LogP contribution >= 0.6 is 15.9 Å². The van der Waals surface area contributed by atoms with Crippen LogP contribution in [0.15, 0.2) is 16.6 Å². The second-order valence-corrected chi connectivity index (χ2v) is 5.55. The number of carbonyl (C=O) groups excluding carboxylic acids is 2. The van der Waals surface area contributed by atoms with E-state index in [9.17, 15) is 14.0 Å². The van der Waals surface area contributed by atoms with Crippen LogP contribution in [0.3, 0.4) is 0 Å². The van der Waals surface area contributed by atoms with Crippen molar-refractivity contribution in [2.24, 2.45) is 5.92 Å². The van der Waals surface area contributed by atoms with E-state index < -0.39 is 17.5 Å². The summed E-state index contributed by atoms with van der Waals surface area (Å²) in [6.07, 6.45) is 0. The Hall–Kier alpha value is -1.27. The summed E-state index contributed by atoms with van der Waals surface area (Å²) in [6.45, 7) is 3.06. The maximum Gasteiger partial charge on any atom is 0.299 e. The molecular formula is C13H14BrFN2O2. The van der Waals surface area contributed by atoms with Gasteiger partial charge in [0, 0.05) is 6.54 Å². The molecule has 1 aliphatic heterocycles. The third kappa shape index (κ3) is 2.55. The summed E-state index contributed by atoms with van der Waals surface area (Å²) in [5.41, 5.74) is 0.619. The Kier molecular flexibility index (Phi) is 4.01. The predicted molar refractivity (Wildman–Crippen MR) is 73.9 cm³/mol. The fourth-order valence-corrected chi connectivity index (χ4v) is 2.54. The van der Waals surface area contributed by atoms with E-state index >= 15 is 0 Å². The summed E-state index contributed by atoms with van der Waals surface area (Å²) < 4.78 is 13.8. The van der Waals surface area contributed by atoms with E-state index in [4.69, 9.17) is 0 Å². The Morgan fingerprint density at radius 1 is 1.42 bits per heavy atom. The van der Waals surface area contributed by atoms with Gasteiger partial charge in [-0.2, -0.15) is 0 Å². The van der Waals surface area contributed by atoms with Crippen LogP contribution in [0.1, 0.15) is 17.3 Å². The zero-order chi connectivity index (χ0) is 14.2. The van der Waals surface area contributed by atoms with Crippen molar-refractivity contribution in [3.63, 3.8) is 0 Å². The molecule has 0 bridgehead atoms. The SMILES string of the molecule is CNCC(C)CN1C(=O)C(=O)c2cc(Br)c(F)cc21. The Morgan fingerprint density at radius 3 is 2.74 bits per heavy atom. The minimum atomic E-state index is -0.588. The highest BCUT2D eigenvalue weighted by Gasteiger charge is 2.37. The Balaban J connectivity index is 2.36.